The number of thiocarbonyl (C=S) groups is 1. The van der Waals surface area contributed by atoms with Crippen LogP contribution in [0, 0.1) is 0 Å². The van der Waals surface area contributed by atoms with E-state index in [0.717, 1.165) is 34.2 Å². The van der Waals surface area contributed by atoms with Gasteiger partial charge in [0.15, 0.2) is 5.11 Å². The van der Waals surface area contributed by atoms with Gasteiger partial charge in [-0.3, -0.25) is 4.98 Å². The van der Waals surface area contributed by atoms with Gasteiger partial charge in [0.05, 0.1) is 31.6 Å². The zero-order valence-corrected chi connectivity index (χ0v) is 21.6. The van der Waals surface area contributed by atoms with Crippen LogP contribution in [0.2, 0.25) is 0 Å². The number of ether oxygens (including phenoxy) is 2. The molecule has 2 aromatic heterocycles. The summed E-state index contributed by atoms with van der Waals surface area (Å²) in [6.07, 6.45) is 3.89. The Kier molecular flexibility index (Phi) is 6.52. The normalized spacial score (nSPS) is 17.1. The fourth-order valence-electron chi connectivity index (χ4n) is 4.68. The minimum Gasteiger partial charge on any atom is -0.497 e. The number of pyridine rings is 1. The maximum Gasteiger partial charge on any atom is 0.174 e. The highest BCUT2D eigenvalue weighted by Crippen LogP contribution is 2.46. The predicted molar refractivity (Wildman–Crippen MR) is 148 cm³/mol. The summed E-state index contributed by atoms with van der Waals surface area (Å²) in [5, 5.41) is 4.12. The number of nitrogens with one attached hydrogen (secondary N) is 1. The average molecular weight is 500 g/mol. The van der Waals surface area contributed by atoms with Crippen molar-refractivity contribution in [2.24, 2.45) is 0 Å². The fraction of sp³-hybridized carbons (Fsp3) is 0.214. The van der Waals surface area contributed by atoms with E-state index >= 15 is 0 Å². The van der Waals surface area contributed by atoms with Gasteiger partial charge in [0.25, 0.3) is 0 Å². The van der Waals surface area contributed by atoms with Crippen LogP contribution < -0.4 is 24.6 Å². The molecule has 0 spiro atoms. The zero-order valence-electron chi connectivity index (χ0n) is 20.8. The van der Waals surface area contributed by atoms with Crippen molar-refractivity contribution >= 4 is 28.7 Å². The molecular weight excluding hydrogens is 470 g/mol. The molecule has 8 heteroatoms. The molecule has 0 amide bonds. The Bertz CT molecular complexity index is 1350. The SMILES string of the molecule is COc1ccc(OC)c(N2C(=S)N[C@H](c3ccccn3)[C@@H]2c2cccn2-c2ccc(N(C)C)cc2)c1. The summed E-state index contributed by atoms with van der Waals surface area (Å²) in [5.41, 5.74) is 5.01. The van der Waals surface area contributed by atoms with Gasteiger partial charge in [-0.05, 0) is 72.9 Å². The van der Waals surface area contributed by atoms with E-state index in [1.165, 1.54) is 0 Å². The molecule has 4 aromatic rings. The van der Waals surface area contributed by atoms with E-state index < -0.39 is 0 Å². The Morgan fingerprint density at radius 2 is 1.75 bits per heavy atom. The van der Waals surface area contributed by atoms with Gasteiger partial charge >= 0.3 is 0 Å². The summed E-state index contributed by atoms with van der Waals surface area (Å²) in [6.45, 7) is 0. The Balaban J connectivity index is 1.67. The first kappa shape index (κ1) is 23.7. The second-order valence-corrected chi connectivity index (χ2v) is 9.13. The van der Waals surface area contributed by atoms with Crippen molar-refractivity contribution in [1.29, 1.82) is 0 Å². The monoisotopic (exact) mass is 499 g/mol. The first-order valence-electron chi connectivity index (χ1n) is 11.7. The third kappa shape index (κ3) is 4.24. The lowest BCUT2D eigenvalue weighted by molar-refractivity contribution is 0.402. The number of hydrogen-bond donors (Lipinski definition) is 1. The molecule has 1 fully saturated rings. The fourth-order valence-corrected chi connectivity index (χ4v) is 5.02. The van der Waals surface area contributed by atoms with Gasteiger partial charge in [-0.25, -0.2) is 0 Å². The van der Waals surface area contributed by atoms with Gasteiger partial charge in [-0.2, -0.15) is 0 Å². The largest absolute Gasteiger partial charge is 0.497 e. The van der Waals surface area contributed by atoms with Gasteiger partial charge in [0, 0.05) is 49.6 Å². The van der Waals surface area contributed by atoms with Crippen LogP contribution in [0.3, 0.4) is 0 Å². The van der Waals surface area contributed by atoms with Crippen LogP contribution in [-0.4, -0.2) is 43.0 Å². The van der Waals surface area contributed by atoms with Gasteiger partial charge in [-0.1, -0.05) is 6.07 Å². The second kappa shape index (κ2) is 9.91. The summed E-state index contributed by atoms with van der Waals surface area (Å²) in [7, 11) is 7.40. The van der Waals surface area contributed by atoms with Crippen LogP contribution in [0.25, 0.3) is 5.69 Å². The van der Waals surface area contributed by atoms with Crippen LogP contribution in [0.1, 0.15) is 23.5 Å². The summed E-state index contributed by atoms with van der Waals surface area (Å²) in [4.78, 5) is 8.87. The first-order chi connectivity index (χ1) is 17.5. The summed E-state index contributed by atoms with van der Waals surface area (Å²) < 4.78 is 13.5. The smallest absolute Gasteiger partial charge is 0.174 e. The molecule has 3 heterocycles. The summed E-state index contributed by atoms with van der Waals surface area (Å²) in [5.74, 6) is 1.43. The number of aromatic nitrogens is 2. The van der Waals surface area contributed by atoms with Crippen molar-refractivity contribution in [3.8, 4) is 17.2 Å². The Hall–Kier alpha value is -4.04. The van der Waals surface area contributed by atoms with E-state index in [1.54, 1.807) is 14.2 Å². The number of benzene rings is 2. The molecule has 0 radical (unpaired) electrons. The predicted octanol–water partition coefficient (Wildman–Crippen LogP) is 5.13. The molecule has 0 aliphatic carbocycles. The highest BCUT2D eigenvalue weighted by Gasteiger charge is 2.43. The lowest BCUT2D eigenvalue weighted by Crippen LogP contribution is -2.30. The summed E-state index contributed by atoms with van der Waals surface area (Å²) in [6, 6.07) is 24.0. The molecular formula is C28H29N5O2S. The van der Waals surface area contributed by atoms with E-state index in [-0.39, 0.29) is 12.1 Å². The molecule has 0 unspecified atom stereocenters. The van der Waals surface area contributed by atoms with E-state index in [9.17, 15) is 0 Å². The molecule has 5 rings (SSSR count). The van der Waals surface area contributed by atoms with Gasteiger partial charge < -0.3 is 29.2 Å². The maximum atomic E-state index is 5.92. The molecule has 7 nitrogen and oxygen atoms in total. The molecule has 1 N–H and O–H groups in total. The number of nitrogens with zero attached hydrogens (tertiary/aromatic N) is 4. The zero-order chi connectivity index (χ0) is 25.2. The van der Waals surface area contributed by atoms with Crippen LogP contribution in [-0.2, 0) is 0 Å². The van der Waals surface area contributed by atoms with Crippen molar-refractivity contribution in [3.63, 3.8) is 0 Å². The number of rotatable bonds is 7. The van der Waals surface area contributed by atoms with Crippen LogP contribution in [0.5, 0.6) is 11.5 Å². The minimum atomic E-state index is -0.197. The highest BCUT2D eigenvalue weighted by molar-refractivity contribution is 7.80. The molecule has 1 aliphatic heterocycles. The average Bonchev–Trinajstić information content (AvgIpc) is 3.53. The van der Waals surface area contributed by atoms with E-state index in [1.807, 2.05) is 56.7 Å². The van der Waals surface area contributed by atoms with Gasteiger partial charge in [0.1, 0.15) is 17.5 Å². The molecule has 1 saturated heterocycles. The molecule has 1 aliphatic rings. The molecule has 0 bridgehead atoms. The van der Waals surface area contributed by atoms with Crippen molar-refractivity contribution < 1.29 is 9.47 Å². The first-order valence-corrected chi connectivity index (χ1v) is 12.1. The Morgan fingerprint density at radius 3 is 2.42 bits per heavy atom. The Labute approximate surface area is 216 Å². The van der Waals surface area contributed by atoms with Crippen molar-refractivity contribution in [3.05, 3.63) is 96.6 Å². The molecule has 2 atom stereocenters. The van der Waals surface area contributed by atoms with Crippen molar-refractivity contribution in [2.75, 3.05) is 38.1 Å². The number of anilines is 2. The number of hydrogen-bond acceptors (Lipinski definition) is 5. The van der Waals surface area contributed by atoms with Gasteiger partial charge in [-0.15, -0.1) is 0 Å². The molecule has 0 saturated carbocycles. The van der Waals surface area contributed by atoms with Crippen LogP contribution >= 0.6 is 12.2 Å². The minimum absolute atomic E-state index is 0.177. The third-order valence-corrected chi connectivity index (χ3v) is 6.79. The standard InChI is InChI=1S/C28H29N5O2S/c1-31(2)19-10-12-20(13-11-19)32-17-7-9-23(32)27-26(22-8-5-6-16-29-22)30-28(36)33(27)24-18-21(34-3)14-15-25(24)35-4/h5-18,26-27H,1-4H3,(H,30,36)/t26-,27+/m1/s1. The van der Waals surface area contributed by atoms with E-state index in [4.69, 9.17) is 21.7 Å². The van der Waals surface area contributed by atoms with Gasteiger partial charge in [0.2, 0.25) is 0 Å². The number of methoxy groups -OCH3 is 2. The quantitative estimate of drug-likeness (QED) is 0.354. The highest BCUT2D eigenvalue weighted by atomic mass is 32.1. The maximum absolute atomic E-state index is 5.92. The van der Waals surface area contributed by atoms with E-state index in [0.29, 0.717) is 10.9 Å². The van der Waals surface area contributed by atoms with Crippen molar-refractivity contribution in [2.45, 2.75) is 12.1 Å². The Morgan fingerprint density at radius 1 is 0.944 bits per heavy atom. The topological polar surface area (TPSA) is 54.8 Å². The molecule has 2 aromatic carbocycles. The lowest BCUT2D eigenvalue weighted by atomic mass is 10.0. The van der Waals surface area contributed by atoms with Crippen LogP contribution in [0.15, 0.2) is 85.2 Å². The lowest BCUT2D eigenvalue weighted by Gasteiger charge is -2.30. The van der Waals surface area contributed by atoms with E-state index in [2.05, 4.69) is 67.3 Å². The van der Waals surface area contributed by atoms with Crippen LogP contribution in [0.4, 0.5) is 11.4 Å². The third-order valence-electron chi connectivity index (χ3n) is 6.47. The molecule has 36 heavy (non-hydrogen) atoms. The molecule has 184 valence electrons. The summed E-state index contributed by atoms with van der Waals surface area (Å²) >= 11 is 5.92. The van der Waals surface area contributed by atoms with Crippen molar-refractivity contribution in [1.82, 2.24) is 14.9 Å². The second-order valence-electron chi connectivity index (χ2n) is 8.75.